The summed E-state index contributed by atoms with van der Waals surface area (Å²) >= 11 is 0. The highest BCUT2D eigenvalue weighted by atomic mass is 16.5. The molecule has 6 heteroatoms. The average Bonchev–Trinajstić information content (AvgIpc) is 2.89. The molecule has 1 aromatic carbocycles. The first-order chi connectivity index (χ1) is 9.51. The molecule has 2 aromatic rings. The third kappa shape index (κ3) is 2.45. The molecule has 0 amide bonds. The lowest BCUT2D eigenvalue weighted by Gasteiger charge is -2.24. The van der Waals surface area contributed by atoms with E-state index in [4.69, 9.17) is 10.5 Å². The van der Waals surface area contributed by atoms with Gasteiger partial charge in [-0.1, -0.05) is 13.0 Å². The zero-order chi connectivity index (χ0) is 14.8. The first kappa shape index (κ1) is 14.3. The third-order valence-electron chi connectivity index (χ3n) is 3.49. The van der Waals surface area contributed by atoms with E-state index >= 15 is 0 Å². The predicted octanol–water partition coefficient (Wildman–Crippen LogP) is 2.47. The molecule has 0 bridgehead atoms. The van der Waals surface area contributed by atoms with Crippen LogP contribution in [0.3, 0.4) is 0 Å². The summed E-state index contributed by atoms with van der Waals surface area (Å²) in [5.74, 6) is 1.34. The number of aromatic nitrogens is 4. The van der Waals surface area contributed by atoms with Crippen molar-refractivity contribution in [2.75, 3.05) is 12.3 Å². The van der Waals surface area contributed by atoms with Gasteiger partial charge in [-0.15, -0.1) is 5.10 Å². The van der Waals surface area contributed by atoms with Gasteiger partial charge in [0.25, 0.3) is 0 Å². The number of nitrogens with two attached hydrogens (primary N) is 1. The molecule has 2 rings (SSSR count). The van der Waals surface area contributed by atoms with Gasteiger partial charge in [0, 0.05) is 5.69 Å². The van der Waals surface area contributed by atoms with E-state index < -0.39 is 0 Å². The summed E-state index contributed by atoms with van der Waals surface area (Å²) < 4.78 is 7.46. The highest BCUT2D eigenvalue weighted by molar-refractivity contribution is 5.77. The summed E-state index contributed by atoms with van der Waals surface area (Å²) in [7, 11) is 0. The van der Waals surface area contributed by atoms with Crippen LogP contribution in [0.25, 0.3) is 11.4 Å². The third-order valence-corrected chi connectivity index (χ3v) is 3.49. The van der Waals surface area contributed by atoms with Crippen molar-refractivity contribution >= 4 is 5.69 Å². The predicted molar refractivity (Wildman–Crippen MR) is 78.4 cm³/mol. The van der Waals surface area contributed by atoms with Crippen LogP contribution >= 0.6 is 0 Å². The fraction of sp³-hybridized carbons (Fsp3) is 0.500. The largest absolute Gasteiger partial charge is 0.493 e. The van der Waals surface area contributed by atoms with Gasteiger partial charge < -0.3 is 10.5 Å². The maximum absolute atomic E-state index is 6.11. The smallest absolute Gasteiger partial charge is 0.188 e. The molecule has 20 heavy (non-hydrogen) atoms. The first-order valence-corrected chi connectivity index (χ1v) is 6.81. The fourth-order valence-corrected chi connectivity index (χ4v) is 1.96. The van der Waals surface area contributed by atoms with Crippen molar-refractivity contribution < 1.29 is 4.74 Å². The van der Waals surface area contributed by atoms with Gasteiger partial charge in [-0.05, 0) is 49.8 Å². The van der Waals surface area contributed by atoms with Gasteiger partial charge in [-0.25, -0.2) is 4.68 Å². The molecule has 1 heterocycles. The SMILES string of the molecule is CCOc1cccc(N)c1-c1nnnn1C(C)(C)CC. The van der Waals surface area contributed by atoms with E-state index in [1.165, 1.54) is 0 Å². The van der Waals surface area contributed by atoms with Crippen LogP contribution in [0.2, 0.25) is 0 Å². The molecule has 0 aliphatic carbocycles. The minimum Gasteiger partial charge on any atom is -0.493 e. The van der Waals surface area contributed by atoms with Gasteiger partial charge in [0.2, 0.25) is 0 Å². The van der Waals surface area contributed by atoms with Crippen molar-refractivity contribution in [1.29, 1.82) is 0 Å². The van der Waals surface area contributed by atoms with E-state index in [1.54, 1.807) is 4.68 Å². The maximum Gasteiger partial charge on any atom is 0.188 e. The summed E-state index contributed by atoms with van der Waals surface area (Å²) in [6.45, 7) is 8.78. The number of tetrazole rings is 1. The topological polar surface area (TPSA) is 78.8 Å². The first-order valence-electron chi connectivity index (χ1n) is 6.81. The van der Waals surface area contributed by atoms with E-state index in [1.807, 2.05) is 25.1 Å². The second kappa shape index (κ2) is 5.48. The Morgan fingerprint density at radius 1 is 1.30 bits per heavy atom. The van der Waals surface area contributed by atoms with Crippen molar-refractivity contribution in [3.8, 4) is 17.1 Å². The zero-order valence-corrected chi connectivity index (χ0v) is 12.4. The summed E-state index contributed by atoms with van der Waals surface area (Å²) in [4.78, 5) is 0. The van der Waals surface area contributed by atoms with Gasteiger partial charge >= 0.3 is 0 Å². The molecular formula is C14H21N5O. The van der Waals surface area contributed by atoms with Crippen molar-refractivity contribution in [1.82, 2.24) is 20.2 Å². The van der Waals surface area contributed by atoms with E-state index in [0.29, 0.717) is 23.9 Å². The molecule has 0 aliphatic heterocycles. The molecule has 0 atom stereocenters. The minimum atomic E-state index is -0.190. The normalized spacial score (nSPS) is 11.6. The molecule has 0 saturated heterocycles. The summed E-state index contributed by atoms with van der Waals surface area (Å²) in [6.07, 6.45) is 0.905. The highest BCUT2D eigenvalue weighted by Gasteiger charge is 2.26. The van der Waals surface area contributed by atoms with E-state index in [0.717, 1.165) is 12.0 Å². The Bertz CT molecular complexity index is 591. The molecule has 0 fully saturated rings. The molecule has 6 nitrogen and oxygen atoms in total. The Morgan fingerprint density at radius 3 is 2.70 bits per heavy atom. The van der Waals surface area contributed by atoms with Crippen LogP contribution in [-0.4, -0.2) is 26.8 Å². The van der Waals surface area contributed by atoms with Crippen LogP contribution in [0.1, 0.15) is 34.1 Å². The number of ether oxygens (including phenoxy) is 1. The van der Waals surface area contributed by atoms with E-state index in [2.05, 4.69) is 36.3 Å². The quantitative estimate of drug-likeness (QED) is 0.848. The number of benzene rings is 1. The van der Waals surface area contributed by atoms with Gasteiger partial charge in [-0.3, -0.25) is 0 Å². The molecule has 0 saturated carbocycles. The van der Waals surface area contributed by atoms with Gasteiger partial charge in [0.05, 0.1) is 17.7 Å². The van der Waals surface area contributed by atoms with Crippen LogP contribution in [0, 0.1) is 0 Å². The lowest BCUT2D eigenvalue weighted by atomic mass is 10.0. The van der Waals surface area contributed by atoms with Crippen LogP contribution in [0.4, 0.5) is 5.69 Å². The van der Waals surface area contributed by atoms with Crippen molar-refractivity contribution in [2.45, 2.75) is 39.7 Å². The number of hydrogen-bond donors (Lipinski definition) is 1. The monoisotopic (exact) mass is 275 g/mol. The minimum absolute atomic E-state index is 0.190. The van der Waals surface area contributed by atoms with Crippen LogP contribution in [0.5, 0.6) is 5.75 Å². The Balaban J connectivity index is 2.61. The van der Waals surface area contributed by atoms with Crippen LogP contribution in [-0.2, 0) is 5.54 Å². The maximum atomic E-state index is 6.11. The summed E-state index contributed by atoms with van der Waals surface area (Å²) in [5, 5.41) is 12.1. The standard InChI is InChI=1S/C14H21N5O/c1-5-14(3,4)19-13(16-17-18-19)12-10(15)8-7-9-11(12)20-6-2/h7-9H,5-6,15H2,1-4H3. The van der Waals surface area contributed by atoms with Crippen molar-refractivity contribution in [3.05, 3.63) is 18.2 Å². The van der Waals surface area contributed by atoms with Crippen LogP contribution in [0.15, 0.2) is 18.2 Å². The molecule has 0 unspecified atom stereocenters. The average molecular weight is 275 g/mol. The molecule has 2 N–H and O–H groups in total. The number of nitrogens with zero attached hydrogens (tertiary/aromatic N) is 4. The van der Waals surface area contributed by atoms with E-state index in [9.17, 15) is 0 Å². The number of nitrogen functional groups attached to an aromatic ring is 1. The number of hydrogen-bond acceptors (Lipinski definition) is 5. The fourth-order valence-electron chi connectivity index (χ4n) is 1.96. The summed E-state index contributed by atoms with van der Waals surface area (Å²) in [5.41, 5.74) is 7.28. The Morgan fingerprint density at radius 2 is 2.05 bits per heavy atom. The second-order valence-corrected chi connectivity index (χ2v) is 5.23. The Hall–Kier alpha value is -2.11. The van der Waals surface area contributed by atoms with Crippen molar-refractivity contribution in [3.63, 3.8) is 0 Å². The molecule has 0 spiro atoms. The van der Waals surface area contributed by atoms with Crippen LogP contribution < -0.4 is 10.5 Å². The molecule has 0 radical (unpaired) electrons. The van der Waals surface area contributed by atoms with E-state index in [-0.39, 0.29) is 5.54 Å². The molecule has 1 aromatic heterocycles. The summed E-state index contributed by atoms with van der Waals surface area (Å²) in [6, 6.07) is 5.58. The Labute approximate surface area is 118 Å². The second-order valence-electron chi connectivity index (χ2n) is 5.23. The lowest BCUT2D eigenvalue weighted by molar-refractivity contribution is 0.303. The van der Waals surface area contributed by atoms with Crippen molar-refractivity contribution in [2.24, 2.45) is 0 Å². The zero-order valence-electron chi connectivity index (χ0n) is 12.4. The van der Waals surface area contributed by atoms with Gasteiger partial charge in [0.15, 0.2) is 5.82 Å². The lowest BCUT2D eigenvalue weighted by Crippen LogP contribution is -2.27. The number of anilines is 1. The molecular weight excluding hydrogens is 254 g/mol. The number of rotatable bonds is 5. The highest BCUT2D eigenvalue weighted by Crippen LogP contribution is 2.35. The molecule has 0 aliphatic rings. The van der Waals surface area contributed by atoms with Gasteiger partial charge in [0.1, 0.15) is 5.75 Å². The Kier molecular flexibility index (Phi) is 3.92. The van der Waals surface area contributed by atoms with Gasteiger partial charge in [-0.2, -0.15) is 0 Å². The molecule has 108 valence electrons.